The van der Waals surface area contributed by atoms with E-state index in [9.17, 15) is 0 Å². The number of H-pyrrole nitrogens is 1. The molecule has 5 heteroatoms. The first-order valence-corrected chi connectivity index (χ1v) is 6.11. The average molecular weight is 253 g/mol. The standard InChI is InChI=1S/C14H15N5/c1-9-11(8-17-19-9)7-16-14-5-2-10-6-12(15)3-4-13(10)18-14/h2-6,8H,7,15H2,1H3,(H,16,18)(H,17,19). The van der Waals surface area contributed by atoms with Gasteiger partial charge in [0, 0.05) is 28.9 Å². The topological polar surface area (TPSA) is 79.6 Å². The van der Waals surface area contributed by atoms with Gasteiger partial charge in [0.1, 0.15) is 5.82 Å². The third kappa shape index (κ3) is 2.35. The van der Waals surface area contributed by atoms with Crippen LogP contribution in [0.3, 0.4) is 0 Å². The lowest BCUT2D eigenvalue weighted by molar-refractivity contribution is 1.04. The number of aromatic nitrogens is 3. The van der Waals surface area contributed by atoms with E-state index >= 15 is 0 Å². The molecule has 2 heterocycles. The zero-order valence-electron chi connectivity index (χ0n) is 10.6. The Morgan fingerprint density at radius 3 is 2.95 bits per heavy atom. The first kappa shape index (κ1) is 11.5. The number of nitrogens with one attached hydrogen (secondary N) is 2. The number of fused-ring (bicyclic) bond motifs is 1. The predicted molar refractivity (Wildman–Crippen MR) is 76.8 cm³/mol. The molecule has 0 amide bonds. The molecule has 0 saturated carbocycles. The Hall–Kier alpha value is -2.56. The van der Waals surface area contributed by atoms with Crippen molar-refractivity contribution in [1.82, 2.24) is 15.2 Å². The quantitative estimate of drug-likeness (QED) is 0.626. The molecule has 0 aliphatic carbocycles. The van der Waals surface area contributed by atoms with Crippen molar-refractivity contribution in [3.8, 4) is 0 Å². The summed E-state index contributed by atoms with van der Waals surface area (Å²) >= 11 is 0. The zero-order valence-corrected chi connectivity index (χ0v) is 10.6. The molecule has 4 N–H and O–H groups in total. The third-order valence-electron chi connectivity index (χ3n) is 3.11. The summed E-state index contributed by atoms with van der Waals surface area (Å²) in [6, 6.07) is 9.69. The summed E-state index contributed by atoms with van der Waals surface area (Å²) in [6.07, 6.45) is 1.82. The number of anilines is 2. The van der Waals surface area contributed by atoms with Crippen molar-refractivity contribution in [2.75, 3.05) is 11.1 Å². The smallest absolute Gasteiger partial charge is 0.126 e. The van der Waals surface area contributed by atoms with Gasteiger partial charge in [-0.2, -0.15) is 5.10 Å². The van der Waals surface area contributed by atoms with E-state index in [0.717, 1.165) is 33.7 Å². The predicted octanol–water partition coefficient (Wildman–Crippen LogP) is 2.46. The maximum absolute atomic E-state index is 5.75. The maximum Gasteiger partial charge on any atom is 0.126 e. The fourth-order valence-corrected chi connectivity index (χ4v) is 1.98. The molecule has 2 aromatic heterocycles. The van der Waals surface area contributed by atoms with Crippen LogP contribution in [0.25, 0.3) is 10.9 Å². The van der Waals surface area contributed by atoms with Gasteiger partial charge in [-0.15, -0.1) is 0 Å². The van der Waals surface area contributed by atoms with Gasteiger partial charge < -0.3 is 11.1 Å². The van der Waals surface area contributed by atoms with Crippen LogP contribution in [-0.4, -0.2) is 15.2 Å². The first-order valence-electron chi connectivity index (χ1n) is 6.11. The van der Waals surface area contributed by atoms with E-state index in [1.165, 1.54) is 0 Å². The molecular weight excluding hydrogens is 238 g/mol. The molecule has 3 aromatic rings. The number of benzene rings is 1. The van der Waals surface area contributed by atoms with Crippen LogP contribution in [0.5, 0.6) is 0 Å². The fraction of sp³-hybridized carbons (Fsp3) is 0.143. The molecule has 0 unspecified atom stereocenters. The molecule has 0 fully saturated rings. The molecule has 0 spiro atoms. The van der Waals surface area contributed by atoms with E-state index in [2.05, 4.69) is 20.5 Å². The Morgan fingerprint density at radius 1 is 1.26 bits per heavy atom. The van der Waals surface area contributed by atoms with E-state index in [0.29, 0.717) is 6.54 Å². The fourth-order valence-electron chi connectivity index (χ4n) is 1.98. The average Bonchev–Trinajstić information content (AvgIpc) is 2.82. The minimum absolute atomic E-state index is 0.704. The number of aryl methyl sites for hydroxylation is 1. The van der Waals surface area contributed by atoms with Crippen LogP contribution < -0.4 is 11.1 Å². The lowest BCUT2D eigenvalue weighted by Crippen LogP contribution is -2.01. The van der Waals surface area contributed by atoms with Crippen LogP contribution >= 0.6 is 0 Å². The Labute approximate surface area is 110 Å². The first-order chi connectivity index (χ1) is 9.22. The van der Waals surface area contributed by atoms with Gasteiger partial charge in [-0.3, -0.25) is 5.10 Å². The van der Waals surface area contributed by atoms with Crippen molar-refractivity contribution in [2.45, 2.75) is 13.5 Å². The van der Waals surface area contributed by atoms with Crippen LogP contribution in [0.2, 0.25) is 0 Å². The molecule has 0 aliphatic heterocycles. The number of hydrogen-bond acceptors (Lipinski definition) is 4. The summed E-state index contributed by atoms with van der Waals surface area (Å²) in [4.78, 5) is 4.55. The third-order valence-corrected chi connectivity index (χ3v) is 3.11. The second-order valence-electron chi connectivity index (χ2n) is 4.52. The Bertz CT molecular complexity index is 717. The highest BCUT2D eigenvalue weighted by molar-refractivity contribution is 5.83. The van der Waals surface area contributed by atoms with Gasteiger partial charge in [0.05, 0.1) is 11.7 Å². The van der Waals surface area contributed by atoms with Gasteiger partial charge in [0.15, 0.2) is 0 Å². The molecule has 5 nitrogen and oxygen atoms in total. The minimum atomic E-state index is 0.704. The van der Waals surface area contributed by atoms with Crippen LogP contribution in [-0.2, 0) is 6.54 Å². The van der Waals surface area contributed by atoms with Gasteiger partial charge >= 0.3 is 0 Å². The SMILES string of the molecule is Cc1[nH]ncc1CNc1ccc2cc(N)ccc2n1. The number of nitrogens with two attached hydrogens (primary N) is 1. The molecule has 3 rings (SSSR count). The monoisotopic (exact) mass is 253 g/mol. The molecule has 96 valence electrons. The highest BCUT2D eigenvalue weighted by Crippen LogP contribution is 2.18. The van der Waals surface area contributed by atoms with Crippen molar-refractivity contribution >= 4 is 22.4 Å². The van der Waals surface area contributed by atoms with Crippen molar-refractivity contribution in [2.24, 2.45) is 0 Å². The van der Waals surface area contributed by atoms with Gasteiger partial charge in [0.25, 0.3) is 0 Å². The number of hydrogen-bond donors (Lipinski definition) is 3. The molecule has 0 aliphatic rings. The second kappa shape index (κ2) is 4.61. The van der Waals surface area contributed by atoms with E-state index in [1.54, 1.807) is 0 Å². The molecule has 0 saturated heterocycles. The highest BCUT2D eigenvalue weighted by Gasteiger charge is 2.02. The zero-order chi connectivity index (χ0) is 13.2. The van der Waals surface area contributed by atoms with Crippen molar-refractivity contribution < 1.29 is 0 Å². The number of rotatable bonds is 3. The summed E-state index contributed by atoms with van der Waals surface area (Å²) in [6.45, 7) is 2.70. The lowest BCUT2D eigenvalue weighted by Gasteiger charge is -2.06. The second-order valence-corrected chi connectivity index (χ2v) is 4.52. The Balaban J connectivity index is 1.82. The van der Waals surface area contributed by atoms with Crippen molar-refractivity contribution in [3.63, 3.8) is 0 Å². The summed E-state index contributed by atoms with van der Waals surface area (Å²) < 4.78 is 0. The van der Waals surface area contributed by atoms with Crippen LogP contribution in [0.4, 0.5) is 11.5 Å². The number of aromatic amines is 1. The van der Waals surface area contributed by atoms with Crippen molar-refractivity contribution in [3.05, 3.63) is 47.8 Å². The largest absolute Gasteiger partial charge is 0.399 e. The van der Waals surface area contributed by atoms with E-state index in [-0.39, 0.29) is 0 Å². The van der Waals surface area contributed by atoms with Gasteiger partial charge in [-0.1, -0.05) is 0 Å². The minimum Gasteiger partial charge on any atom is -0.399 e. The molecule has 0 radical (unpaired) electrons. The normalized spacial score (nSPS) is 10.8. The number of nitrogen functional groups attached to an aromatic ring is 1. The molecular formula is C14H15N5. The van der Waals surface area contributed by atoms with E-state index in [1.807, 2.05) is 43.5 Å². The van der Waals surface area contributed by atoms with E-state index in [4.69, 9.17) is 5.73 Å². The van der Waals surface area contributed by atoms with E-state index < -0.39 is 0 Å². The summed E-state index contributed by atoms with van der Waals surface area (Å²) in [7, 11) is 0. The number of nitrogens with zero attached hydrogens (tertiary/aromatic N) is 2. The summed E-state index contributed by atoms with van der Waals surface area (Å²) in [5.74, 6) is 0.845. The van der Waals surface area contributed by atoms with Crippen LogP contribution in [0.15, 0.2) is 36.5 Å². The Kier molecular flexibility index (Phi) is 2.79. The van der Waals surface area contributed by atoms with Gasteiger partial charge in [-0.25, -0.2) is 4.98 Å². The lowest BCUT2D eigenvalue weighted by atomic mass is 10.2. The highest BCUT2D eigenvalue weighted by atomic mass is 15.1. The van der Waals surface area contributed by atoms with Crippen LogP contribution in [0.1, 0.15) is 11.3 Å². The molecule has 1 aromatic carbocycles. The Morgan fingerprint density at radius 2 is 2.16 bits per heavy atom. The molecule has 19 heavy (non-hydrogen) atoms. The molecule has 0 atom stereocenters. The van der Waals surface area contributed by atoms with Crippen LogP contribution in [0, 0.1) is 6.92 Å². The number of pyridine rings is 1. The van der Waals surface area contributed by atoms with Gasteiger partial charge in [-0.05, 0) is 37.3 Å². The summed E-state index contributed by atoms with van der Waals surface area (Å²) in [5.41, 5.74) is 9.64. The summed E-state index contributed by atoms with van der Waals surface area (Å²) in [5, 5.41) is 11.2. The molecule has 0 bridgehead atoms. The van der Waals surface area contributed by atoms with Crippen molar-refractivity contribution in [1.29, 1.82) is 0 Å². The van der Waals surface area contributed by atoms with Gasteiger partial charge in [0.2, 0.25) is 0 Å². The maximum atomic E-state index is 5.75.